The summed E-state index contributed by atoms with van der Waals surface area (Å²) < 4.78 is 13.6. The number of rotatable bonds is 3. The molecular weight excluding hydrogens is 333 g/mol. The molecule has 2 saturated carbocycles. The van der Waals surface area contributed by atoms with Gasteiger partial charge in [-0.3, -0.25) is 0 Å². The Bertz CT molecular complexity index is 745. The number of allylic oxidation sites excluding steroid dienone is 2. The summed E-state index contributed by atoms with van der Waals surface area (Å²) in [7, 11) is 0. The molecule has 0 aromatic heterocycles. The Morgan fingerprint density at radius 2 is 1.70 bits per heavy atom. The molecule has 0 unspecified atom stereocenters. The summed E-state index contributed by atoms with van der Waals surface area (Å²) in [5, 5.41) is 8.76. The van der Waals surface area contributed by atoms with Crippen LogP contribution in [0.2, 0.25) is 0 Å². The van der Waals surface area contributed by atoms with E-state index in [1.54, 1.807) is 6.07 Å². The molecule has 27 heavy (non-hydrogen) atoms. The van der Waals surface area contributed by atoms with Gasteiger partial charge in [0.2, 0.25) is 0 Å². The Morgan fingerprint density at radius 3 is 2.30 bits per heavy atom. The highest BCUT2D eigenvalue weighted by atomic mass is 19.1. The minimum atomic E-state index is -0.500. The molecule has 0 saturated heterocycles. The fourth-order valence-electron chi connectivity index (χ4n) is 4.87. The molecule has 0 aliphatic heterocycles. The second-order valence-electron chi connectivity index (χ2n) is 8.30. The largest absolute Gasteiger partial charge is 0.206 e. The zero-order valence-corrected chi connectivity index (χ0v) is 16.4. The molecule has 2 fully saturated rings. The van der Waals surface area contributed by atoms with Gasteiger partial charge in [-0.15, -0.1) is 0 Å². The zero-order chi connectivity index (χ0) is 19.1. The molecule has 1 aromatic rings. The summed E-state index contributed by atoms with van der Waals surface area (Å²) in [5.74, 6) is 9.03. The van der Waals surface area contributed by atoms with Crippen molar-refractivity contribution < 1.29 is 4.39 Å². The first-order valence-electron chi connectivity index (χ1n) is 10.6. The van der Waals surface area contributed by atoms with Crippen molar-refractivity contribution in [1.29, 1.82) is 5.26 Å². The molecule has 1 aromatic carbocycles. The van der Waals surface area contributed by atoms with Gasteiger partial charge in [0, 0.05) is 5.56 Å². The maximum absolute atomic E-state index is 13.6. The number of nitrogens with zero attached hydrogens (tertiary/aromatic N) is 1. The van der Waals surface area contributed by atoms with E-state index in [1.165, 1.54) is 69.9 Å². The molecule has 1 nitrogen and oxygen atoms in total. The maximum Gasteiger partial charge on any atom is 0.142 e. The minimum Gasteiger partial charge on any atom is -0.206 e. The van der Waals surface area contributed by atoms with Gasteiger partial charge >= 0.3 is 0 Å². The number of nitriles is 1. The first-order valence-corrected chi connectivity index (χ1v) is 10.6. The molecule has 2 aliphatic carbocycles. The Balaban J connectivity index is 1.44. The first kappa shape index (κ1) is 19.7. The van der Waals surface area contributed by atoms with Crippen LogP contribution in [0, 0.1) is 52.7 Å². The highest BCUT2D eigenvalue weighted by Crippen LogP contribution is 2.42. The van der Waals surface area contributed by atoms with Gasteiger partial charge in [0.25, 0.3) is 0 Å². The predicted octanol–water partition coefficient (Wildman–Crippen LogP) is 6.63. The van der Waals surface area contributed by atoms with E-state index in [4.69, 9.17) is 5.26 Å². The summed E-state index contributed by atoms with van der Waals surface area (Å²) in [6.45, 7) is 2.34. The topological polar surface area (TPSA) is 23.8 Å². The molecule has 2 heteroatoms. The van der Waals surface area contributed by atoms with Gasteiger partial charge < -0.3 is 0 Å². The highest BCUT2D eigenvalue weighted by Gasteiger charge is 2.29. The lowest BCUT2D eigenvalue weighted by Crippen LogP contribution is -2.25. The van der Waals surface area contributed by atoms with Gasteiger partial charge in [-0.1, -0.05) is 44.1 Å². The van der Waals surface area contributed by atoms with Crippen LogP contribution in [0.5, 0.6) is 0 Å². The van der Waals surface area contributed by atoms with E-state index in [1.807, 2.05) is 12.1 Å². The van der Waals surface area contributed by atoms with Gasteiger partial charge in [-0.05, 0) is 86.5 Å². The molecule has 142 valence electrons. The van der Waals surface area contributed by atoms with E-state index in [0.717, 1.165) is 17.8 Å². The van der Waals surface area contributed by atoms with Gasteiger partial charge in [0.05, 0.1) is 5.56 Å². The third-order valence-electron chi connectivity index (χ3n) is 6.71. The standard InChI is InChI=1S/C25H30FN/c1-2-19-7-12-22(13-8-19)23-14-9-20(10-15-23)5-3-4-6-21-11-16-24(18-27)25(26)17-21/h3,5,11,16-17,19-20,22-23H,2,7-10,12-15H2,1H3/b5-3+/t19-,20?,22-,23?. The number of halogens is 1. The average molecular weight is 364 g/mol. The van der Waals surface area contributed by atoms with Gasteiger partial charge in [-0.25, -0.2) is 4.39 Å². The van der Waals surface area contributed by atoms with Crippen molar-refractivity contribution in [2.75, 3.05) is 0 Å². The molecule has 0 bridgehead atoms. The Morgan fingerprint density at radius 1 is 1.04 bits per heavy atom. The van der Waals surface area contributed by atoms with E-state index in [2.05, 4.69) is 24.8 Å². The van der Waals surface area contributed by atoms with Crippen molar-refractivity contribution in [3.8, 4) is 17.9 Å². The van der Waals surface area contributed by atoms with Crippen LogP contribution in [-0.4, -0.2) is 0 Å². The summed E-state index contributed by atoms with van der Waals surface area (Å²) >= 11 is 0. The van der Waals surface area contributed by atoms with Crippen LogP contribution in [0.4, 0.5) is 4.39 Å². The molecule has 0 heterocycles. The molecule has 2 aliphatic rings. The van der Waals surface area contributed by atoms with Crippen molar-refractivity contribution in [2.24, 2.45) is 23.7 Å². The molecular formula is C25H30FN. The monoisotopic (exact) mass is 363 g/mol. The van der Waals surface area contributed by atoms with Crippen LogP contribution in [0.15, 0.2) is 30.4 Å². The number of hydrogen-bond donors (Lipinski definition) is 0. The van der Waals surface area contributed by atoms with Crippen LogP contribution in [-0.2, 0) is 0 Å². The molecule has 3 rings (SSSR count). The highest BCUT2D eigenvalue weighted by molar-refractivity contribution is 5.42. The second kappa shape index (κ2) is 9.75. The van der Waals surface area contributed by atoms with Crippen LogP contribution < -0.4 is 0 Å². The van der Waals surface area contributed by atoms with Crippen LogP contribution in [0.25, 0.3) is 0 Å². The number of hydrogen-bond acceptors (Lipinski definition) is 1. The van der Waals surface area contributed by atoms with Gasteiger partial charge in [0.1, 0.15) is 11.9 Å². The SMILES string of the molecule is CC[C@H]1CC[C@H](C2CCC(/C=C/C#Cc3ccc(C#N)c(F)c3)CC2)CC1. The maximum atomic E-state index is 13.6. The van der Waals surface area contributed by atoms with E-state index in [-0.39, 0.29) is 5.56 Å². The predicted molar refractivity (Wildman–Crippen MR) is 108 cm³/mol. The summed E-state index contributed by atoms with van der Waals surface area (Å²) in [4.78, 5) is 0. The van der Waals surface area contributed by atoms with Crippen LogP contribution in [0.1, 0.15) is 75.8 Å². The van der Waals surface area contributed by atoms with Gasteiger partial charge in [0.15, 0.2) is 0 Å². The van der Waals surface area contributed by atoms with E-state index >= 15 is 0 Å². The lowest BCUT2D eigenvalue weighted by molar-refractivity contribution is 0.154. The quantitative estimate of drug-likeness (QED) is 0.553. The van der Waals surface area contributed by atoms with Crippen molar-refractivity contribution in [2.45, 2.75) is 64.7 Å². The van der Waals surface area contributed by atoms with E-state index in [0.29, 0.717) is 11.5 Å². The van der Waals surface area contributed by atoms with Crippen molar-refractivity contribution >= 4 is 0 Å². The second-order valence-corrected chi connectivity index (χ2v) is 8.30. The summed E-state index contributed by atoms with van der Waals surface area (Å²) in [6, 6.07) is 6.34. The summed E-state index contributed by atoms with van der Waals surface area (Å²) in [6.07, 6.45) is 16.6. The molecule has 0 radical (unpaired) electrons. The van der Waals surface area contributed by atoms with Crippen molar-refractivity contribution in [3.05, 3.63) is 47.3 Å². The smallest absolute Gasteiger partial charge is 0.142 e. The zero-order valence-electron chi connectivity index (χ0n) is 16.4. The van der Waals surface area contributed by atoms with Crippen LogP contribution >= 0.6 is 0 Å². The van der Waals surface area contributed by atoms with Crippen LogP contribution in [0.3, 0.4) is 0 Å². The molecule has 0 atom stereocenters. The van der Waals surface area contributed by atoms with E-state index < -0.39 is 5.82 Å². The normalized spacial score (nSPS) is 28.3. The van der Waals surface area contributed by atoms with Crippen molar-refractivity contribution in [3.63, 3.8) is 0 Å². The lowest BCUT2D eigenvalue weighted by atomic mass is 9.69. The third kappa shape index (κ3) is 5.46. The minimum absolute atomic E-state index is 0.0658. The van der Waals surface area contributed by atoms with Crippen molar-refractivity contribution in [1.82, 2.24) is 0 Å². The lowest BCUT2D eigenvalue weighted by Gasteiger charge is -2.37. The number of benzene rings is 1. The fraction of sp³-hybridized carbons (Fsp3) is 0.560. The Kier molecular flexibility index (Phi) is 7.11. The van der Waals surface area contributed by atoms with Gasteiger partial charge in [-0.2, -0.15) is 5.26 Å². The molecule has 0 N–H and O–H groups in total. The average Bonchev–Trinajstić information content (AvgIpc) is 2.72. The Labute approximate surface area is 163 Å². The third-order valence-corrected chi connectivity index (χ3v) is 6.71. The van der Waals surface area contributed by atoms with E-state index in [9.17, 15) is 4.39 Å². The first-order chi connectivity index (χ1) is 13.2. The fourth-order valence-corrected chi connectivity index (χ4v) is 4.87. The molecule has 0 spiro atoms. The molecule has 0 amide bonds. The Hall–Kier alpha value is -2.06. The summed E-state index contributed by atoms with van der Waals surface area (Å²) in [5.41, 5.74) is 0.679.